The van der Waals surface area contributed by atoms with E-state index >= 15 is 0 Å². The van der Waals surface area contributed by atoms with Crippen molar-refractivity contribution in [3.8, 4) is 0 Å². The summed E-state index contributed by atoms with van der Waals surface area (Å²) < 4.78 is 33.2. The lowest BCUT2D eigenvalue weighted by Crippen LogP contribution is -2.32. The SMILES string of the molecule is C=C=C(C(=O)OCC)C(NS(=O)(=O)c1ccc(C)cc1)c1ccccc1. The van der Waals surface area contributed by atoms with Crippen LogP contribution >= 0.6 is 0 Å². The Morgan fingerprint density at radius 3 is 2.31 bits per heavy atom. The van der Waals surface area contributed by atoms with Gasteiger partial charge in [0.1, 0.15) is 5.57 Å². The Hall–Kier alpha value is -2.66. The highest BCUT2D eigenvalue weighted by molar-refractivity contribution is 7.89. The predicted molar refractivity (Wildman–Crippen MR) is 100.0 cm³/mol. The molecular formula is C20H21NO4S. The predicted octanol–water partition coefficient (Wildman–Crippen LogP) is 3.29. The van der Waals surface area contributed by atoms with Gasteiger partial charge >= 0.3 is 5.97 Å². The second-order valence-electron chi connectivity index (χ2n) is 5.59. The van der Waals surface area contributed by atoms with E-state index in [1.807, 2.05) is 6.92 Å². The van der Waals surface area contributed by atoms with Crippen LogP contribution in [0.4, 0.5) is 0 Å². The zero-order valence-electron chi connectivity index (χ0n) is 14.7. The third-order valence-corrected chi connectivity index (χ3v) is 5.15. The number of hydrogen-bond acceptors (Lipinski definition) is 4. The van der Waals surface area contributed by atoms with Crippen molar-refractivity contribution in [3.05, 3.63) is 83.6 Å². The van der Waals surface area contributed by atoms with E-state index in [1.165, 1.54) is 12.1 Å². The van der Waals surface area contributed by atoms with Gasteiger partial charge < -0.3 is 4.74 Å². The van der Waals surface area contributed by atoms with Gasteiger partial charge in [0.25, 0.3) is 0 Å². The number of carbonyl (C=O) groups is 1. The molecule has 0 aliphatic heterocycles. The molecule has 0 saturated carbocycles. The number of rotatable bonds is 7. The maximum Gasteiger partial charge on any atom is 0.343 e. The number of benzene rings is 2. The molecule has 6 heteroatoms. The maximum atomic E-state index is 12.8. The fourth-order valence-corrected chi connectivity index (χ4v) is 3.58. The second kappa shape index (κ2) is 8.63. The van der Waals surface area contributed by atoms with Crippen LogP contribution in [0.1, 0.15) is 24.1 Å². The van der Waals surface area contributed by atoms with E-state index in [-0.39, 0.29) is 17.1 Å². The molecule has 1 unspecified atom stereocenters. The summed E-state index contributed by atoms with van der Waals surface area (Å²) in [5.41, 5.74) is 4.07. The van der Waals surface area contributed by atoms with Gasteiger partial charge in [0.15, 0.2) is 0 Å². The monoisotopic (exact) mass is 371 g/mol. The molecule has 1 atom stereocenters. The van der Waals surface area contributed by atoms with Crippen LogP contribution in [0.3, 0.4) is 0 Å². The Kier molecular flexibility index (Phi) is 6.52. The van der Waals surface area contributed by atoms with Gasteiger partial charge in [0.2, 0.25) is 10.0 Å². The van der Waals surface area contributed by atoms with Gasteiger partial charge in [-0.1, -0.05) is 54.6 Å². The molecule has 0 radical (unpaired) electrons. The summed E-state index contributed by atoms with van der Waals surface area (Å²) in [6.07, 6.45) is 0. The molecule has 5 nitrogen and oxygen atoms in total. The van der Waals surface area contributed by atoms with Crippen LogP contribution in [0.15, 0.2) is 77.4 Å². The van der Waals surface area contributed by atoms with Gasteiger partial charge in [-0.05, 0) is 31.5 Å². The summed E-state index contributed by atoms with van der Waals surface area (Å²) in [6.45, 7) is 7.23. The minimum absolute atomic E-state index is 0.00809. The molecule has 0 fully saturated rings. The Balaban J connectivity index is 2.46. The first-order chi connectivity index (χ1) is 12.4. The normalized spacial score (nSPS) is 12.1. The average Bonchev–Trinajstić information content (AvgIpc) is 2.63. The van der Waals surface area contributed by atoms with Crippen molar-refractivity contribution in [1.29, 1.82) is 0 Å². The van der Waals surface area contributed by atoms with E-state index in [0.717, 1.165) is 5.56 Å². The second-order valence-corrected chi connectivity index (χ2v) is 7.30. The smallest absolute Gasteiger partial charge is 0.343 e. The first-order valence-electron chi connectivity index (χ1n) is 8.10. The number of esters is 1. The van der Waals surface area contributed by atoms with Crippen molar-refractivity contribution >= 4 is 16.0 Å². The topological polar surface area (TPSA) is 72.5 Å². The molecule has 0 amide bonds. The lowest BCUT2D eigenvalue weighted by molar-refractivity contribution is -0.138. The summed E-state index contributed by atoms with van der Waals surface area (Å²) in [5.74, 6) is -0.664. The van der Waals surface area contributed by atoms with Gasteiger partial charge in [-0.2, -0.15) is 4.72 Å². The largest absolute Gasteiger partial charge is 0.462 e. The number of hydrogen-bond donors (Lipinski definition) is 1. The zero-order valence-corrected chi connectivity index (χ0v) is 15.5. The molecule has 1 N–H and O–H groups in total. The molecule has 2 aromatic carbocycles. The van der Waals surface area contributed by atoms with E-state index in [4.69, 9.17) is 4.74 Å². The molecule has 2 rings (SSSR count). The number of aryl methyl sites for hydroxylation is 1. The van der Waals surface area contributed by atoms with Crippen LogP contribution in [0.25, 0.3) is 0 Å². The summed E-state index contributed by atoms with van der Waals surface area (Å²) in [7, 11) is -3.87. The van der Waals surface area contributed by atoms with E-state index in [9.17, 15) is 13.2 Å². The Morgan fingerprint density at radius 2 is 1.77 bits per heavy atom. The highest BCUT2D eigenvalue weighted by Crippen LogP contribution is 2.25. The summed E-state index contributed by atoms with van der Waals surface area (Å²) >= 11 is 0. The maximum absolute atomic E-state index is 12.8. The van der Waals surface area contributed by atoms with E-state index < -0.39 is 22.0 Å². The van der Waals surface area contributed by atoms with Crippen LogP contribution < -0.4 is 4.72 Å². The van der Waals surface area contributed by atoms with Crippen molar-refractivity contribution in [3.63, 3.8) is 0 Å². The minimum Gasteiger partial charge on any atom is -0.462 e. The lowest BCUT2D eigenvalue weighted by Gasteiger charge is -2.20. The molecule has 0 heterocycles. The molecule has 2 aromatic rings. The zero-order chi connectivity index (χ0) is 19.2. The fourth-order valence-electron chi connectivity index (χ4n) is 2.38. The van der Waals surface area contributed by atoms with Crippen molar-refractivity contribution in [2.45, 2.75) is 24.8 Å². The van der Waals surface area contributed by atoms with E-state index in [2.05, 4.69) is 17.0 Å². The molecule has 26 heavy (non-hydrogen) atoms. The van der Waals surface area contributed by atoms with Gasteiger partial charge in [-0.25, -0.2) is 13.2 Å². The summed E-state index contributed by atoms with van der Waals surface area (Å²) in [5, 5.41) is 0. The standard InChI is InChI=1S/C20H21NO4S/c1-4-18(20(22)25-5-2)19(16-9-7-6-8-10-16)21-26(23,24)17-13-11-15(3)12-14-17/h6-14,19,21H,1,5H2,2-3H3. The molecule has 136 valence electrons. The van der Waals surface area contributed by atoms with Crippen molar-refractivity contribution in [1.82, 2.24) is 4.72 Å². The number of sulfonamides is 1. The van der Waals surface area contributed by atoms with Crippen LogP contribution in [-0.4, -0.2) is 21.0 Å². The van der Waals surface area contributed by atoms with E-state index in [0.29, 0.717) is 5.56 Å². The Morgan fingerprint density at radius 1 is 1.15 bits per heavy atom. The molecule has 0 spiro atoms. The fraction of sp³-hybridized carbons (Fsp3) is 0.200. The summed E-state index contributed by atoms with van der Waals surface area (Å²) in [4.78, 5) is 12.4. The number of ether oxygens (including phenoxy) is 1. The van der Waals surface area contributed by atoms with Gasteiger partial charge in [0.05, 0.1) is 17.5 Å². The van der Waals surface area contributed by atoms with Crippen molar-refractivity contribution in [2.75, 3.05) is 6.61 Å². The first-order valence-corrected chi connectivity index (χ1v) is 9.58. The van der Waals surface area contributed by atoms with Gasteiger partial charge in [-0.15, -0.1) is 5.73 Å². The molecule has 0 aromatic heterocycles. The highest BCUT2D eigenvalue weighted by atomic mass is 32.2. The van der Waals surface area contributed by atoms with Crippen LogP contribution in [0.5, 0.6) is 0 Å². The van der Waals surface area contributed by atoms with Gasteiger partial charge in [0, 0.05) is 0 Å². The van der Waals surface area contributed by atoms with Crippen LogP contribution in [0, 0.1) is 6.92 Å². The van der Waals surface area contributed by atoms with E-state index in [1.54, 1.807) is 49.4 Å². The number of carbonyl (C=O) groups excluding carboxylic acids is 1. The molecule has 0 bridgehead atoms. The van der Waals surface area contributed by atoms with Crippen molar-refractivity contribution in [2.24, 2.45) is 0 Å². The minimum atomic E-state index is -3.87. The summed E-state index contributed by atoms with van der Waals surface area (Å²) in [6, 6.07) is 14.3. The molecule has 0 aliphatic rings. The lowest BCUT2D eigenvalue weighted by atomic mass is 10.0. The first kappa shape index (κ1) is 19.7. The molecule has 0 saturated heterocycles. The Bertz CT molecular complexity index is 912. The molecular weight excluding hydrogens is 350 g/mol. The highest BCUT2D eigenvalue weighted by Gasteiger charge is 2.28. The Labute approximate surface area is 154 Å². The third kappa shape index (κ3) is 4.70. The third-order valence-electron chi connectivity index (χ3n) is 3.71. The number of nitrogens with one attached hydrogen (secondary N) is 1. The van der Waals surface area contributed by atoms with Crippen LogP contribution in [-0.2, 0) is 19.6 Å². The molecule has 0 aliphatic carbocycles. The quantitative estimate of drug-likeness (QED) is 0.460. The average molecular weight is 371 g/mol. The van der Waals surface area contributed by atoms with Gasteiger partial charge in [-0.3, -0.25) is 0 Å². The van der Waals surface area contributed by atoms with Crippen LogP contribution in [0.2, 0.25) is 0 Å². The van der Waals surface area contributed by atoms with Crippen molar-refractivity contribution < 1.29 is 17.9 Å².